The van der Waals surface area contributed by atoms with Crippen LogP contribution in [0.4, 0.5) is 18.9 Å². The Balaban J connectivity index is 1.21. The Hall–Kier alpha value is -3.96. The molecule has 0 spiro atoms. The molecule has 11 heteroatoms. The van der Waals surface area contributed by atoms with Gasteiger partial charge in [-0.15, -0.1) is 0 Å². The average molecular weight is 569 g/mol. The number of rotatable bonds is 7. The van der Waals surface area contributed by atoms with E-state index in [0.29, 0.717) is 48.3 Å². The Bertz CT molecular complexity index is 1660. The smallest absolute Gasteiger partial charge is 0.264 e. The molecular formula is C29H27F3N4O3S. The summed E-state index contributed by atoms with van der Waals surface area (Å²) in [7, 11) is -3.92. The minimum Gasteiger partial charge on any atom is -0.333 e. The van der Waals surface area contributed by atoms with Crippen LogP contribution in [0.2, 0.25) is 0 Å². The van der Waals surface area contributed by atoms with Crippen molar-refractivity contribution >= 4 is 32.5 Å². The summed E-state index contributed by atoms with van der Waals surface area (Å²) < 4.78 is 70.1. The third kappa shape index (κ3) is 5.66. The Morgan fingerprint density at radius 3 is 2.45 bits per heavy atom. The number of hydrogen-bond acceptors (Lipinski definition) is 5. The summed E-state index contributed by atoms with van der Waals surface area (Å²) in [6.45, 7) is 3.59. The van der Waals surface area contributed by atoms with Gasteiger partial charge in [0.25, 0.3) is 15.9 Å². The highest BCUT2D eigenvalue weighted by molar-refractivity contribution is 7.93. The van der Waals surface area contributed by atoms with Gasteiger partial charge in [0, 0.05) is 60.6 Å². The second-order valence-electron chi connectivity index (χ2n) is 9.73. The molecule has 0 unspecified atom stereocenters. The number of pyridine rings is 1. The number of hydrogen-bond donors (Lipinski definition) is 1. The van der Waals surface area contributed by atoms with Crippen LogP contribution in [-0.2, 0) is 16.4 Å². The number of sulfonamides is 1. The van der Waals surface area contributed by atoms with Gasteiger partial charge >= 0.3 is 0 Å². The van der Waals surface area contributed by atoms with E-state index in [0.717, 1.165) is 12.1 Å². The third-order valence-electron chi connectivity index (χ3n) is 7.06. The number of para-hydroxylation sites is 1. The summed E-state index contributed by atoms with van der Waals surface area (Å²) in [5.41, 5.74) is 0.792. The van der Waals surface area contributed by atoms with Gasteiger partial charge in [-0.2, -0.15) is 0 Å². The Kier molecular flexibility index (Phi) is 7.77. The molecule has 0 saturated carbocycles. The molecular weight excluding hydrogens is 541 g/mol. The van der Waals surface area contributed by atoms with Crippen LogP contribution in [0.1, 0.15) is 22.8 Å². The van der Waals surface area contributed by atoms with E-state index in [4.69, 9.17) is 0 Å². The van der Waals surface area contributed by atoms with E-state index >= 15 is 0 Å². The van der Waals surface area contributed by atoms with Gasteiger partial charge in [-0.1, -0.05) is 18.2 Å². The minimum absolute atomic E-state index is 0.0162. The molecule has 1 atom stereocenters. The summed E-state index contributed by atoms with van der Waals surface area (Å²) >= 11 is 0. The summed E-state index contributed by atoms with van der Waals surface area (Å²) in [5.74, 6) is -3.23. The van der Waals surface area contributed by atoms with E-state index in [9.17, 15) is 26.4 Å². The number of nitrogens with zero attached hydrogens (tertiary/aromatic N) is 3. The zero-order chi connectivity index (χ0) is 28.4. The van der Waals surface area contributed by atoms with Gasteiger partial charge in [0.05, 0.1) is 5.52 Å². The highest BCUT2D eigenvalue weighted by atomic mass is 32.2. The summed E-state index contributed by atoms with van der Waals surface area (Å²) in [4.78, 5) is 21.2. The van der Waals surface area contributed by atoms with Crippen molar-refractivity contribution in [3.05, 3.63) is 102 Å². The fraction of sp³-hybridized carbons (Fsp3) is 0.241. The van der Waals surface area contributed by atoms with Crippen molar-refractivity contribution in [1.82, 2.24) is 14.8 Å². The van der Waals surface area contributed by atoms with Gasteiger partial charge < -0.3 is 4.90 Å². The van der Waals surface area contributed by atoms with Crippen molar-refractivity contribution in [2.45, 2.75) is 24.3 Å². The Morgan fingerprint density at radius 2 is 1.70 bits per heavy atom. The van der Waals surface area contributed by atoms with Gasteiger partial charge in [0.15, 0.2) is 11.6 Å². The molecule has 1 aromatic heterocycles. The van der Waals surface area contributed by atoms with Crippen LogP contribution in [0.5, 0.6) is 0 Å². The number of fused-ring (bicyclic) bond motifs is 1. The SMILES string of the molecule is C[C@@H]1CN(CCc2c(F)ccc(F)c2F)CCN1C(=O)c1ccc(NS(=O)(=O)c2cccc3cccnc23)cc1. The lowest BCUT2D eigenvalue weighted by molar-refractivity contribution is 0.0491. The maximum Gasteiger partial charge on any atom is 0.264 e. The molecule has 1 saturated heterocycles. The fourth-order valence-corrected chi connectivity index (χ4v) is 6.20. The Labute approximate surface area is 230 Å². The first-order valence-corrected chi connectivity index (χ1v) is 14.2. The molecule has 0 radical (unpaired) electrons. The number of benzene rings is 3. The molecule has 40 heavy (non-hydrogen) atoms. The van der Waals surface area contributed by atoms with E-state index in [1.165, 1.54) is 24.4 Å². The lowest BCUT2D eigenvalue weighted by Gasteiger charge is -2.40. The number of amides is 1. The zero-order valence-electron chi connectivity index (χ0n) is 21.6. The summed E-state index contributed by atoms with van der Waals surface area (Å²) in [5, 5.41) is 0.703. The first-order chi connectivity index (χ1) is 19.1. The second-order valence-corrected chi connectivity index (χ2v) is 11.4. The number of piperazine rings is 1. The van der Waals surface area contributed by atoms with E-state index in [2.05, 4.69) is 9.71 Å². The molecule has 5 rings (SSSR count). The van der Waals surface area contributed by atoms with Crippen molar-refractivity contribution < 1.29 is 26.4 Å². The molecule has 1 N–H and O–H groups in total. The highest BCUT2D eigenvalue weighted by Crippen LogP contribution is 2.24. The molecule has 0 bridgehead atoms. The molecule has 3 aromatic carbocycles. The van der Waals surface area contributed by atoms with Crippen LogP contribution in [0.25, 0.3) is 10.9 Å². The zero-order valence-corrected chi connectivity index (χ0v) is 22.5. The van der Waals surface area contributed by atoms with Gasteiger partial charge in [0.2, 0.25) is 0 Å². The van der Waals surface area contributed by atoms with E-state index in [1.54, 1.807) is 41.3 Å². The standard InChI is InChI=1S/C29H27F3N4O3S/c1-19-18-35(15-13-23-24(30)11-12-25(31)27(23)32)16-17-36(19)29(37)21-7-9-22(10-8-21)34-40(38,39)26-6-2-4-20-5-3-14-33-28(20)26/h2-12,14,19,34H,13,15-18H2,1H3/t19-/m1/s1. The maximum atomic E-state index is 14.0. The molecule has 1 aliphatic rings. The van der Waals surface area contributed by atoms with Crippen molar-refractivity contribution in [2.75, 3.05) is 30.9 Å². The molecule has 1 amide bonds. The predicted octanol–water partition coefficient (Wildman–Crippen LogP) is 4.84. The fourth-order valence-electron chi connectivity index (χ4n) is 4.96. The summed E-state index contributed by atoms with van der Waals surface area (Å²) in [6.07, 6.45) is 1.55. The molecule has 1 fully saturated rings. The van der Waals surface area contributed by atoms with Gasteiger partial charge in [0.1, 0.15) is 10.7 Å². The first kappa shape index (κ1) is 27.6. The summed E-state index contributed by atoms with van der Waals surface area (Å²) in [6, 6.07) is 16.2. The van der Waals surface area contributed by atoms with Crippen LogP contribution in [0.15, 0.2) is 77.8 Å². The van der Waals surface area contributed by atoms with Crippen molar-refractivity contribution in [2.24, 2.45) is 0 Å². The minimum atomic E-state index is -3.92. The second kappa shape index (κ2) is 11.3. The lowest BCUT2D eigenvalue weighted by atomic mass is 10.1. The third-order valence-corrected chi connectivity index (χ3v) is 8.47. The molecule has 7 nitrogen and oxygen atoms in total. The molecule has 4 aromatic rings. The number of aromatic nitrogens is 1. The van der Waals surface area contributed by atoms with Gasteiger partial charge in [-0.3, -0.25) is 19.4 Å². The number of nitrogens with one attached hydrogen (secondary N) is 1. The Morgan fingerprint density at radius 1 is 0.975 bits per heavy atom. The topological polar surface area (TPSA) is 82.6 Å². The van der Waals surface area contributed by atoms with Crippen molar-refractivity contribution in [1.29, 1.82) is 0 Å². The number of anilines is 1. The van der Waals surface area contributed by atoms with Crippen LogP contribution >= 0.6 is 0 Å². The van der Waals surface area contributed by atoms with Crippen LogP contribution in [0.3, 0.4) is 0 Å². The lowest BCUT2D eigenvalue weighted by Crippen LogP contribution is -2.54. The largest absolute Gasteiger partial charge is 0.333 e. The van der Waals surface area contributed by atoms with E-state index in [1.807, 2.05) is 11.8 Å². The maximum absolute atomic E-state index is 14.0. The van der Waals surface area contributed by atoms with Gasteiger partial charge in [-0.25, -0.2) is 21.6 Å². The van der Waals surface area contributed by atoms with Crippen LogP contribution in [0, 0.1) is 17.5 Å². The number of carbonyl (C=O) groups is 1. The van der Waals surface area contributed by atoms with Gasteiger partial charge in [-0.05, 0) is 61.9 Å². The first-order valence-electron chi connectivity index (χ1n) is 12.8. The van der Waals surface area contributed by atoms with Crippen LogP contribution in [-0.4, -0.2) is 61.3 Å². The predicted molar refractivity (Wildman–Crippen MR) is 146 cm³/mol. The van der Waals surface area contributed by atoms with Crippen molar-refractivity contribution in [3.63, 3.8) is 0 Å². The molecule has 208 valence electrons. The van der Waals surface area contributed by atoms with Crippen molar-refractivity contribution in [3.8, 4) is 0 Å². The number of carbonyl (C=O) groups excluding carboxylic acids is 1. The van der Waals surface area contributed by atoms with Crippen LogP contribution < -0.4 is 4.72 Å². The quantitative estimate of drug-likeness (QED) is 0.323. The normalized spacial score (nSPS) is 16.3. The molecule has 1 aliphatic heterocycles. The number of halogens is 3. The molecule has 0 aliphatic carbocycles. The monoisotopic (exact) mass is 568 g/mol. The highest BCUT2D eigenvalue weighted by Gasteiger charge is 2.28. The average Bonchev–Trinajstić information content (AvgIpc) is 2.94. The molecule has 2 heterocycles. The van der Waals surface area contributed by atoms with E-state index in [-0.39, 0.29) is 28.8 Å². The van der Waals surface area contributed by atoms with E-state index < -0.39 is 27.5 Å².